The lowest BCUT2D eigenvalue weighted by Gasteiger charge is -2.10. The van der Waals surface area contributed by atoms with E-state index in [-0.39, 0.29) is 5.69 Å². The molecule has 2 rings (SSSR count). The molecule has 0 spiro atoms. The number of nitrogen functional groups attached to an aromatic ring is 1. The predicted molar refractivity (Wildman–Crippen MR) is 76.1 cm³/mol. The van der Waals surface area contributed by atoms with Crippen molar-refractivity contribution in [2.24, 2.45) is 5.84 Å². The van der Waals surface area contributed by atoms with E-state index >= 15 is 0 Å². The molecule has 5 nitrogen and oxygen atoms in total. The van der Waals surface area contributed by atoms with Crippen LogP contribution in [0.5, 0.6) is 5.75 Å². The summed E-state index contributed by atoms with van der Waals surface area (Å²) in [5.41, 5.74) is 5.28. The van der Waals surface area contributed by atoms with Gasteiger partial charge in [-0.2, -0.15) is 0 Å². The van der Waals surface area contributed by atoms with Gasteiger partial charge in [-0.1, -0.05) is 18.2 Å². The number of pyridine rings is 1. The summed E-state index contributed by atoms with van der Waals surface area (Å²) in [7, 11) is 0. The molecule has 0 saturated heterocycles. The van der Waals surface area contributed by atoms with Crippen LogP contribution >= 0.6 is 0 Å². The molecule has 3 N–H and O–H groups in total. The van der Waals surface area contributed by atoms with Gasteiger partial charge in [-0.25, -0.2) is 10.8 Å². The molecule has 0 radical (unpaired) electrons. The Morgan fingerprint density at radius 3 is 2.75 bits per heavy atom. The molecule has 0 atom stereocenters. The van der Waals surface area contributed by atoms with Crippen LogP contribution in [-0.4, -0.2) is 10.9 Å². The number of nitrogens with zero attached hydrogens (tertiary/aromatic N) is 1. The molecule has 0 unspecified atom stereocenters. The maximum absolute atomic E-state index is 11.4. The molecule has 0 aliphatic heterocycles. The highest BCUT2D eigenvalue weighted by Gasteiger charge is 2.07. The molecule has 20 heavy (non-hydrogen) atoms. The number of aryl methyl sites for hydroxylation is 1. The van der Waals surface area contributed by atoms with Gasteiger partial charge in [0.1, 0.15) is 18.1 Å². The first-order chi connectivity index (χ1) is 9.61. The Kier molecular flexibility index (Phi) is 4.32. The highest BCUT2D eigenvalue weighted by molar-refractivity contribution is 5.91. The third kappa shape index (κ3) is 3.13. The minimum Gasteiger partial charge on any atom is -0.487 e. The maximum Gasteiger partial charge on any atom is 0.283 e. The first-order valence-electron chi connectivity index (χ1n) is 6.27. The summed E-state index contributed by atoms with van der Waals surface area (Å²) in [6.07, 6.45) is 0. The van der Waals surface area contributed by atoms with Crippen molar-refractivity contribution in [1.29, 1.82) is 0 Å². The second-order valence-electron chi connectivity index (χ2n) is 4.47. The van der Waals surface area contributed by atoms with Crippen molar-refractivity contribution in [2.75, 3.05) is 0 Å². The van der Waals surface area contributed by atoms with Crippen LogP contribution < -0.4 is 16.0 Å². The molecule has 0 aliphatic carbocycles. The van der Waals surface area contributed by atoms with Crippen molar-refractivity contribution in [2.45, 2.75) is 20.5 Å². The van der Waals surface area contributed by atoms with E-state index in [0.717, 1.165) is 11.3 Å². The van der Waals surface area contributed by atoms with E-state index in [1.807, 2.05) is 32.0 Å². The second-order valence-corrected chi connectivity index (χ2v) is 4.47. The Hall–Kier alpha value is -2.40. The molecular formula is C15H17N3O2. The van der Waals surface area contributed by atoms with Crippen molar-refractivity contribution < 1.29 is 9.53 Å². The monoisotopic (exact) mass is 271 g/mol. The number of rotatable bonds is 4. The summed E-state index contributed by atoms with van der Waals surface area (Å²) in [5, 5.41) is 0. The van der Waals surface area contributed by atoms with Crippen LogP contribution in [0, 0.1) is 13.8 Å². The first kappa shape index (κ1) is 14.0. The summed E-state index contributed by atoms with van der Waals surface area (Å²) in [6, 6.07) is 11.1. The van der Waals surface area contributed by atoms with Gasteiger partial charge in [-0.15, -0.1) is 0 Å². The second kappa shape index (κ2) is 6.16. The standard InChI is InChI=1S/C15H17N3O2/c1-10-5-3-8-14(11(10)2)20-9-12-6-4-7-13(17-12)15(19)18-16/h3-8H,9,16H2,1-2H3,(H,18,19). The van der Waals surface area contributed by atoms with Gasteiger partial charge in [-0.3, -0.25) is 10.2 Å². The number of hydrazine groups is 1. The predicted octanol–water partition coefficient (Wildman–Crippen LogP) is 1.88. The van der Waals surface area contributed by atoms with Crippen LogP contribution in [0.3, 0.4) is 0 Å². The van der Waals surface area contributed by atoms with Gasteiger partial charge in [0.15, 0.2) is 0 Å². The Morgan fingerprint density at radius 2 is 2.00 bits per heavy atom. The van der Waals surface area contributed by atoms with Gasteiger partial charge < -0.3 is 4.74 Å². The fourth-order valence-corrected chi connectivity index (χ4v) is 1.79. The van der Waals surface area contributed by atoms with Gasteiger partial charge in [0.2, 0.25) is 0 Å². The lowest BCUT2D eigenvalue weighted by atomic mass is 10.1. The van der Waals surface area contributed by atoms with E-state index in [1.54, 1.807) is 18.2 Å². The van der Waals surface area contributed by atoms with E-state index in [9.17, 15) is 4.79 Å². The van der Waals surface area contributed by atoms with Crippen molar-refractivity contribution in [1.82, 2.24) is 10.4 Å². The lowest BCUT2D eigenvalue weighted by Crippen LogP contribution is -2.30. The number of nitrogens with one attached hydrogen (secondary N) is 1. The summed E-state index contributed by atoms with van der Waals surface area (Å²) in [6.45, 7) is 4.35. The zero-order chi connectivity index (χ0) is 14.5. The average molecular weight is 271 g/mol. The zero-order valence-corrected chi connectivity index (χ0v) is 11.5. The Morgan fingerprint density at radius 1 is 1.25 bits per heavy atom. The number of hydrogen-bond donors (Lipinski definition) is 2. The highest BCUT2D eigenvalue weighted by atomic mass is 16.5. The molecule has 1 aromatic carbocycles. The van der Waals surface area contributed by atoms with Gasteiger partial charge in [0.05, 0.1) is 5.69 Å². The van der Waals surface area contributed by atoms with Crippen molar-refractivity contribution in [3.05, 3.63) is 58.9 Å². The summed E-state index contributed by atoms with van der Waals surface area (Å²) in [5.74, 6) is 5.49. The minimum absolute atomic E-state index is 0.273. The normalized spacial score (nSPS) is 10.2. The Balaban J connectivity index is 2.11. The third-order valence-corrected chi connectivity index (χ3v) is 3.10. The fraction of sp³-hybridized carbons (Fsp3) is 0.200. The summed E-state index contributed by atoms with van der Waals surface area (Å²) < 4.78 is 5.75. The van der Waals surface area contributed by atoms with Crippen LogP contribution in [0.15, 0.2) is 36.4 Å². The average Bonchev–Trinajstić information content (AvgIpc) is 2.48. The quantitative estimate of drug-likeness (QED) is 0.505. The highest BCUT2D eigenvalue weighted by Crippen LogP contribution is 2.21. The Labute approximate surface area is 117 Å². The lowest BCUT2D eigenvalue weighted by molar-refractivity contribution is 0.0948. The number of carbonyl (C=O) groups excluding carboxylic acids is 1. The number of hydrogen-bond acceptors (Lipinski definition) is 4. The molecule has 5 heteroatoms. The van der Waals surface area contributed by atoms with E-state index in [1.165, 1.54) is 5.56 Å². The fourth-order valence-electron chi connectivity index (χ4n) is 1.79. The molecule has 0 fully saturated rings. The van der Waals surface area contributed by atoms with Crippen molar-refractivity contribution in [3.8, 4) is 5.75 Å². The van der Waals surface area contributed by atoms with E-state index in [0.29, 0.717) is 12.3 Å². The SMILES string of the molecule is Cc1cccc(OCc2cccc(C(=O)NN)n2)c1C. The molecule has 2 aromatic rings. The molecule has 0 bridgehead atoms. The molecule has 104 valence electrons. The largest absolute Gasteiger partial charge is 0.487 e. The third-order valence-electron chi connectivity index (χ3n) is 3.10. The molecule has 0 saturated carbocycles. The van der Waals surface area contributed by atoms with Crippen LogP contribution in [-0.2, 0) is 6.61 Å². The number of carbonyl (C=O) groups is 1. The van der Waals surface area contributed by atoms with E-state index in [4.69, 9.17) is 10.6 Å². The number of nitrogens with two attached hydrogens (primary N) is 1. The summed E-state index contributed by atoms with van der Waals surface area (Å²) >= 11 is 0. The number of amides is 1. The molecule has 1 amide bonds. The molecule has 0 aliphatic rings. The number of benzene rings is 1. The number of ether oxygens (including phenoxy) is 1. The smallest absolute Gasteiger partial charge is 0.283 e. The maximum atomic E-state index is 11.4. The van der Waals surface area contributed by atoms with Gasteiger partial charge >= 0.3 is 0 Å². The van der Waals surface area contributed by atoms with Crippen LogP contribution in [0.25, 0.3) is 0 Å². The van der Waals surface area contributed by atoms with Gasteiger partial charge in [-0.05, 0) is 43.2 Å². The minimum atomic E-state index is -0.418. The zero-order valence-electron chi connectivity index (χ0n) is 11.5. The topological polar surface area (TPSA) is 77.2 Å². The first-order valence-corrected chi connectivity index (χ1v) is 6.27. The van der Waals surface area contributed by atoms with E-state index in [2.05, 4.69) is 10.4 Å². The molecule has 1 heterocycles. The van der Waals surface area contributed by atoms with Crippen LogP contribution in [0.2, 0.25) is 0 Å². The Bertz CT molecular complexity index is 626. The molecule has 1 aromatic heterocycles. The van der Waals surface area contributed by atoms with Gasteiger partial charge in [0, 0.05) is 0 Å². The number of aromatic nitrogens is 1. The molecular weight excluding hydrogens is 254 g/mol. The van der Waals surface area contributed by atoms with Crippen LogP contribution in [0.4, 0.5) is 0 Å². The van der Waals surface area contributed by atoms with Crippen molar-refractivity contribution >= 4 is 5.91 Å². The van der Waals surface area contributed by atoms with Gasteiger partial charge in [0.25, 0.3) is 5.91 Å². The van der Waals surface area contributed by atoms with E-state index < -0.39 is 5.91 Å². The summed E-state index contributed by atoms with van der Waals surface area (Å²) in [4.78, 5) is 15.6. The van der Waals surface area contributed by atoms with Crippen molar-refractivity contribution in [3.63, 3.8) is 0 Å². The van der Waals surface area contributed by atoms with Crippen LogP contribution in [0.1, 0.15) is 27.3 Å².